The fraction of sp³-hybridized carbons (Fsp3) is 0.0500. The first-order valence-electron chi connectivity index (χ1n) is 7.41. The lowest BCUT2D eigenvalue weighted by Gasteiger charge is -2.09. The average Bonchev–Trinajstić information content (AvgIpc) is 2.85. The smallest absolute Gasteiger partial charge is 0.0998 e. The Morgan fingerprint density at radius 1 is 0.870 bits per heavy atom. The molecule has 0 amide bonds. The molecule has 0 N–H and O–H groups in total. The molecule has 4 rings (SSSR count). The van der Waals surface area contributed by atoms with Gasteiger partial charge in [-0.25, -0.2) is 0 Å². The molecule has 0 saturated carbocycles. The van der Waals surface area contributed by atoms with Gasteiger partial charge in [0.05, 0.1) is 16.7 Å². The number of nitrogens with zero attached hydrogens (tertiary/aromatic N) is 2. The van der Waals surface area contributed by atoms with Crippen molar-refractivity contribution < 1.29 is 0 Å². The lowest BCUT2D eigenvalue weighted by molar-refractivity contribution is 0.868. The van der Waals surface area contributed by atoms with E-state index in [2.05, 4.69) is 28.8 Å². The Morgan fingerprint density at radius 3 is 2.26 bits per heavy atom. The number of nitriles is 1. The summed E-state index contributed by atoms with van der Waals surface area (Å²) < 4.78 is 2.10. The molecular formula is C20H14N2S. The van der Waals surface area contributed by atoms with Crippen LogP contribution in [0.4, 0.5) is 0 Å². The van der Waals surface area contributed by atoms with Crippen LogP contribution in [-0.4, -0.2) is 4.57 Å². The molecule has 0 bridgehead atoms. The van der Waals surface area contributed by atoms with Gasteiger partial charge in [0.1, 0.15) is 0 Å². The monoisotopic (exact) mass is 314 g/mol. The van der Waals surface area contributed by atoms with E-state index in [0.717, 1.165) is 32.4 Å². The predicted molar refractivity (Wildman–Crippen MR) is 97.8 cm³/mol. The van der Waals surface area contributed by atoms with Gasteiger partial charge in [-0.2, -0.15) is 5.26 Å². The van der Waals surface area contributed by atoms with Crippen LogP contribution in [0.1, 0.15) is 5.56 Å². The minimum atomic E-state index is 0.699. The maximum Gasteiger partial charge on any atom is 0.0998 e. The van der Waals surface area contributed by atoms with Gasteiger partial charge in [0.15, 0.2) is 0 Å². The number of aromatic nitrogens is 1. The molecule has 1 aromatic heterocycles. The summed E-state index contributed by atoms with van der Waals surface area (Å²) in [5, 5.41) is 13.5. The molecule has 0 spiro atoms. The topological polar surface area (TPSA) is 28.7 Å². The molecular weight excluding hydrogens is 300 g/mol. The first kappa shape index (κ1) is 13.9. The van der Waals surface area contributed by atoms with E-state index < -0.39 is 0 Å². The Labute approximate surface area is 140 Å². The normalized spacial score (nSPS) is 11.0. The van der Waals surface area contributed by atoms with E-state index in [9.17, 15) is 5.26 Å². The maximum atomic E-state index is 9.36. The highest BCUT2D eigenvalue weighted by Gasteiger charge is 2.16. The molecule has 4 aromatic rings. The first-order chi connectivity index (χ1) is 11.2. The Bertz CT molecular complexity index is 1100. The molecule has 2 nitrogen and oxygen atoms in total. The number of benzene rings is 3. The minimum Gasteiger partial charge on any atom is -0.339 e. The van der Waals surface area contributed by atoms with Gasteiger partial charge in [-0.3, -0.25) is 0 Å². The lowest BCUT2D eigenvalue weighted by Crippen LogP contribution is -1.88. The minimum absolute atomic E-state index is 0.699. The molecule has 0 atom stereocenters. The number of hydrogen-bond donors (Lipinski definition) is 1. The van der Waals surface area contributed by atoms with Crippen LogP contribution in [0.15, 0.2) is 65.7 Å². The van der Waals surface area contributed by atoms with Crippen LogP contribution in [0, 0.1) is 11.3 Å². The summed E-state index contributed by atoms with van der Waals surface area (Å²) in [6.07, 6.45) is 0. The number of thiol groups is 1. The summed E-state index contributed by atoms with van der Waals surface area (Å²) in [5.41, 5.74) is 4.08. The van der Waals surface area contributed by atoms with E-state index in [1.54, 1.807) is 0 Å². The summed E-state index contributed by atoms with van der Waals surface area (Å²) in [6.45, 7) is 0. The zero-order valence-corrected chi connectivity index (χ0v) is 13.5. The summed E-state index contributed by atoms with van der Waals surface area (Å²) in [5.74, 6) is 0. The molecule has 0 fully saturated rings. The zero-order valence-electron chi connectivity index (χ0n) is 12.6. The van der Waals surface area contributed by atoms with E-state index in [1.807, 2.05) is 49.5 Å². The number of aryl methyl sites for hydroxylation is 1. The average molecular weight is 314 g/mol. The quantitative estimate of drug-likeness (QED) is 0.483. The van der Waals surface area contributed by atoms with Crippen LogP contribution in [0.25, 0.3) is 32.8 Å². The predicted octanol–water partition coefficient (Wildman–Crippen LogP) is 5.16. The molecule has 0 aliphatic rings. The van der Waals surface area contributed by atoms with Gasteiger partial charge in [-0.05, 0) is 23.1 Å². The Kier molecular flexibility index (Phi) is 3.14. The van der Waals surface area contributed by atoms with Gasteiger partial charge >= 0.3 is 0 Å². The van der Waals surface area contributed by atoms with Crippen LogP contribution in [-0.2, 0) is 7.05 Å². The third kappa shape index (κ3) is 1.96. The molecule has 23 heavy (non-hydrogen) atoms. The molecule has 3 aromatic carbocycles. The summed E-state index contributed by atoms with van der Waals surface area (Å²) in [6, 6.07) is 22.6. The molecule has 0 aliphatic carbocycles. The molecule has 1 heterocycles. The number of fused-ring (bicyclic) bond motifs is 2. The summed E-state index contributed by atoms with van der Waals surface area (Å²) in [4.78, 5) is 0. The third-order valence-corrected chi connectivity index (χ3v) is 4.91. The van der Waals surface area contributed by atoms with Crippen molar-refractivity contribution in [3.63, 3.8) is 0 Å². The fourth-order valence-corrected chi connectivity index (χ4v) is 3.61. The molecule has 0 saturated heterocycles. The Hall–Kier alpha value is -2.70. The molecule has 3 heteroatoms. The summed E-state index contributed by atoms with van der Waals surface area (Å²) in [7, 11) is 2.03. The largest absolute Gasteiger partial charge is 0.339 e. The highest BCUT2D eigenvalue weighted by molar-refractivity contribution is 7.80. The van der Waals surface area contributed by atoms with Gasteiger partial charge in [0, 0.05) is 28.9 Å². The number of rotatable bonds is 1. The van der Waals surface area contributed by atoms with Crippen LogP contribution in [0.3, 0.4) is 0 Å². The van der Waals surface area contributed by atoms with Crippen molar-refractivity contribution in [2.45, 2.75) is 5.03 Å². The molecule has 0 unspecified atom stereocenters. The van der Waals surface area contributed by atoms with E-state index in [4.69, 9.17) is 12.6 Å². The van der Waals surface area contributed by atoms with Gasteiger partial charge in [0.2, 0.25) is 0 Å². The third-order valence-electron chi connectivity index (χ3n) is 4.39. The van der Waals surface area contributed by atoms with Gasteiger partial charge in [-0.15, -0.1) is 12.6 Å². The standard InChI is InChI=1S/C20H14N2S/c1-22-18-9-5-4-8-17(18)19(20(22)23)16-11-10-13(12-21)14-6-2-3-7-15(14)16/h2-11,23H,1H3. The Morgan fingerprint density at radius 2 is 1.52 bits per heavy atom. The second-order valence-electron chi connectivity index (χ2n) is 5.59. The van der Waals surface area contributed by atoms with Gasteiger partial charge in [-0.1, -0.05) is 48.5 Å². The van der Waals surface area contributed by atoms with Crippen LogP contribution >= 0.6 is 12.6 Å². The van der Waals surface area contributed by atoms with E-state index in [-0.39, 0.29) is 0 Å². The van der Waals surface area contributed by atoms with Crippen molar-refractivity contribution in [3.05, 3.63) is 66.2 Å². The molecule has 110 valence electrons. The van der Waals surface area contributed by atoms with E-state index in [0.29, 0.717) is 5.56 Å². The summed E-state index contributed by atoms with van der Waals surface area (Å²) >= 11 is 4.75. The van der Waals surface area contributed by atoms with E-state index >= 15 is 0 Å². The molecule has 0 aliphatic heterocycles. The highest BCUT2D eigenvalue weighted by atomic mass is 32.1. The van der Waals surface area contributed by atoms with Crippen LogP contribution < -0.4 is 0 Å². The second kappa shape index (κ2) is 5.19. The van der Waals surface area contributed by atoms with Gasteiger partial charge < -0.3 is 4.57 Å². The van der Waals surface area contributed by atoms with Gasteiger partial charge in [0.25, 0.3) is 0 Å². The first-order valence-corrected chi connectivity index (χ1v) is 7.85. The van der Waals surface area contributed by atoms with Crippen molar-refractivity contribution in [2.75, 3.05) is 0 Å². The maximum absolute atomic E-state index is 9.36. The zero-order chi connectivity index (χ0) is 16.0. The number of para-hydroxylation sites is 1. The van der Waals surface area contributed by atoms with Crippen LogP contribution in [0.2, 0.25) is 0 Å². The SMILES string of the molecule is Cn1c(S)c(-c2ccc(C#N)c3ccccc23)c2ccccc21. The van der Waals surface area contributed by atoms with E-state index in [1.165, 1.54) is 5.39 Å². The number of hydrogen-bond acceptors (Lipinski definition) is 2. The Balaban J connectivity index is 2.17. The van der Waals surface area contributed by atoms with Crippen molar-refractivity contribution in [3.8, 4) is 17.2 Å². The van der Waals surface area contributed by atoms with Crippen molar-refractivity contribution in [1.29, 1.82) is 5.26 Å². The second-order valence-corrected chi connectivity index (χ2v) is 6.02. The lowest BCUT2D eigenvalue weighted by atomic mass is 9.95. The fourth-order valence-electron chi connectivity index (χ4n) is 3.26. The molecule has 0 radical (unpaired) electrons. The highest BCUT2D eigenvalue weighted by Crippen LogP contribution is 2.40. The van der Waals surface area contributed by atoms with Crippen molar-refractivity contribution in [2.24, 2.45) is 7.05 Å². The van der Waals surface area contributed by atoms with Crippen molar-refractivity contribution in [1.82, 2.24) is 4.57 Å². The van der Waals surface area contributed by atoms with Crippen LogP contribution in [0.5, 0.6) is 0 Å². The van der Waals surface area contributed by atoms with Crippen molar-refractivity contribution >= 4 is 34.3 Å².